The highest BCUT2D eigenvalue weighted by atomic mass is 16.7. The molecule has 8 nitrogen and oxygen atoms in total. The smallest absolute Gasteiger partial charge is 0.462 e. The fourth-order valence-electron chi connectivity index (χ4n) is 2.66. The van der Waals surface area contributed by atoms with Crippen molar-refractivity contribution in [3.8, 4) is 11.9 Å². The molecule has 3 rings (SSSR count). The summed E-state index contributed by atoms with van der Waals surface area (Å²) in [5.74, 6) is -1.51. The molecular formula is C14H16O8. The van der Waals surface area contributed by atoms with Crippen molar-refractivity contribution in [3.63, 3.8) is 0 Å². The maximum absolute atomic E-state index is 10.8. The van der Waals surface area contributed by atoms with Crippen molar-refractivity contribution in [2.75, 3.05) is 13.2 Å². The van der Waals surface area contributed by atoms with E-state index in [9.17, 15) is 9.59 Å². The van der Waals surface area contributed by atoms with E-state index in [0.29, 0.717) is 13.2 Å². The van der Waals surface area contributed by atoms with E-state index >= 15 is 0 Å². The van der Waals surface area contributed by atoms with Crippen LogP contribution in [0.2, 0.25) is 0 Å². The van der Waals surface area contributed by atoms with Crippen molar-refractivity contribution in [2.24, 2.45) is 5.41 Å². The van der Waals surface area contributed by atoms with E-state index in [1.165, 1.54) is 0 Å². The molecule has 1 aliphatic rings. The number of ether oxygens (including phenoxy) is 2. The minimum Gasteiger partial charge on any atom is -0.462 e. The van der Waals surface area contributed by atoms with Crippen LogP contribution in [0, 0.1) is 5.41 Å². The van der Waals surface area contributed by atoms with Gasteiger partial charge in [0.15, 0.2) is 12.5 Å². The second-order valence-electron chi connectivity index (χ2n) is 5.45. The largest absolute Gasteiger partial charge is 0.521 e. The molecule has 0 spiro atoms. The fraction of sp³-hybridized carbons (Fsp3) is 0.571. The lowest BCUT2D eigenvalue weighted by Gasteiger charge is -2.35. The van der Waals surface area contributed by atoms with Gasteiger partial charge in [0.25, 0.3) is 0 Å². The first-order valence-electron chi connectivity index (χ1n) is 7.08. The van der Waals surface area contributed by atoms with E-state index in [-0.39, 0.29) is 17.3 Å². The number of rotatable bonds is 6. The summed E-state index contributed by atoms with van der Waals surface area (Å²) in [7, 11) is 0. The molecule has 0 aliphatic heterocycles. The van der Waals surface area contributed by atoms with E-state index in [1.807, 2.05) is 0 Å². The molecule has 0 bridgehead atoms. The van der Waals surface area contributed by atoms with Crippen molar-refractivity contribution >= 4 is 0 Å². The predicted molar refractivity (Wildman–Crippen MR) is 71.0 cm³/mol. The lowest BCUT2D eigenvalue weighted by Crippen LogP contribution is -2.37. The SMILES string of the molecule is O=c1occ(OCC2(COc3coc(=O)o3)CCCCC2)o1. The highest BCUT2D eigenvalue weighted by molar-refractivity contribution is 4.96. The van der Waals surface area contributed by atoms with Crippen LogP contribution in [-0.4, -0.2) is 13.2 Å². The Morgan fingerprint density at radius 2 is 1.36 bits per heavy atom. The highest BCUT2D eigenvalue weighted by Gasteiger charge is 2.35. The standard InChI is InChI=1S/C14H16O8/c15-12-17-6-10(21-12)19-8-14(4-2-1-3-5-14)9-20-11-7-18-13(16)22-11/h6-7H,1-5,8-9H2. The second-order valence-corrected chi connectivity index (χ2v) is 5.45. The van der Waals surface area contributed by atoms with E-state index in [2.05, 4.69) is 8.83 Å². The molecule has 0 amide bonds. The first-order chi connectivity index (χ1) is 10.7. The normalized spacial score (nSPS) is 17.3. The van der Waals surface area contributed by atoms with E-state index in [4.69, 9.17) is 18.3 Å². The van der Waals surface area contributed by atoms with Gasteiger partial charge in [-0.15, -0.1) is 0 Å². The van der Waals surface area contributed by atoms with Crippen molar-refractivity contribution in [1.29, 1.82) is 0 Å². The van der Waals surface area contributed by atoms with Crippen molar-refractivity contribution < 1.29 is 27.1 Å². The molecule has 120 valence electrons. The summed E-state index contributed by atoms with van der Waals surface area (Å²) < 4.78 is 29.5. The quantitative estimate of drug-likeness (QED) is 0.799. The summed E-state index contributed by atoms with van der Waals surface area (Å²) in [5, 5.41) is 0. The zero-order chi connectivity index (χ0) is 15.4. The first-order valence-corrected chi connectivity index (χ1v) is 7.08. The van der Waals surface area contributed by atoms with Crippen LogP contribution >= 0.6 is 0 Å². The average molecular weight is 312 g/mol. The topological polar surface area (TPSA) is 105 Å². The van der Waals surface area contributed by atoms with Crippen molar-refractivity contribution in [2.45, 2.75) is 32.1 Å². The molecule has 0 atom stereocenters. The Hall–Kier alpha value is -2.38. The third-order valence-corrected chi connectivity index (χ3v) is 3.83. The number of hydrogen-bond acceptors (Lipinski definition) is 8. The van der Waals surface area contributed by atoms with Crippen LogP contribution in [0.3, 0.4) is 0 Å². The summed E-state index contributed by atoms with van der Waals surface area (Å²) in [6.45, 7) is 0.634. The average Bonchev–Trinajstić information content (AvgIpc) is 3.13. The molecule has 22 heavy (non-hydrogen) atoms. The van der Waals surface area contributed by atoms with Gasteiger partial charge in [0, 0.05) is 5.41 Å². The molecular weight excluding hydrogens is 296 g/mol. The molecule has 0 radical (unpaired) electrons. The summed E-state index contributed by atoms with van der Waals surface area (Å²) in [6, 6.07) is 0. The highest BCUT2D eigenvalue weighted by Crippen LogP contribution is 2.37. The van der Waals surface area contributed by atoms with Crippen LogP contribution in [0.15, 0.2) is 39.8 Å². The van der Waals surface area contributed by atoms with Gasteiger partial charge in [0.05, 0.1) is 0 Å². The molecule has 0 aromatic carbocycles. The van der Waals surface area contributed by atoms with Gasteiger partial charge in [0.1, 0.15) is 13.2 Å². The Balaban J connectivity index is 1.64. The Kier molecular flexibility index (Phi) is 4.08. The zero-order valence-corrected chi connectivity index (χ0v) is 11.9. The van der Waals surface area contributed by atoms with Gasteiger partial charge in [-0.3, -0.25) is 0 Å². The minimum atomic E-state index is -0.802. The lowest BCUT2D eigenvalue weighted by molar-refractivity contribution is 0.0250. The molecule has 2 aromatic heterocycles. The van der Waals surface area contributed by atoms with Crippen LogP contribution in [0.4, 0.5) is 0 Å². The van der Waals surface area contributed by atoms with Crippen LogP contribution < -0.4 is 21.1 Å². The fourth-order valence-corrected chi connectivity index (χ4v) is 2.66. The number of hydrogen-bond donors (Lipinski definition) is 0. The molecule has 0 saturated heterocycles. The minimum absolute atomic E-state index is 0.0461. The van der Waals surface area contributed by atoms with Gasteiger partial charge in [-0.1, -0.05) is 19.3 Å². The summed E-state index contributed by atoms with van der Waals surface area (Å²) >= 11 is 0. The summed E-state index contributed by atoms with van der Waals surface area (Å²) in [4.78, 5) is 21.7. The van der Waals surface area contributed by atoms with Crippen LogP contribution in [0.5, 0.6) is 11.9 Å². The van der Waals surface area contributed by atoms with Crippen LogP contribution in [0.25, 0.3) is 0 Å². The third kappa shape index (κ3) is 3.44. The summed E-state index contributed by atoms with van der Waals surface area (Å²) in [5.41, 5.74) is -0.246. The predicted octanol–water partition coefficient (Wildman–Crippen LogP) is 2.19. The van der Waals surface area contributed by atoms with Crippen LogP contribution in [0.1, 0.15) is 32.1 Å². The van der Waals surface area contributed by atoms with Gasteiger partial charge in [-0.05, 0) is 12.8 Å². The van der Waals surface area contributed by atoms with Gasteiger partial charge in [0.2, 0.25) is 0 Å². The Labute approximate surface area is 124 Å². The molecule has 1 aliphatic carbocycles. The summed E-state index contributed by atoms with van der Waals surface area (Å²) in [6.07, 6.45) is 7.33. The molecule has 2 heterocycles. The van der Waals surface area contributed by atoms with Gasteiger partial charge < -0.3 is 27.1 Å². The monoisotopic (exact) mass is 312 g/mol. The molecule has 1 saturated carbocycles. The van der Waals surface area contributed by atoms with E-state index in [1.54, 1.807) is 0 Å². The molecule has 8 heteroatoms. The molecule has 1 fully saturated rings. The van der Waals surface area contributed by atoms with Gasteiger partial charge >= 0.3 is 23.5 Å². The Morgan fingerprint density at radius 3 is 1.77 bits per heavy atom. The Morgan fingerprint density at radius 1 is 0.864 bits per heavy atom. The first kappa shape index (κ1) is 14.6. The van der Waals surface area contributed by atoms with Crippen molar-refractivity contribution in [1.82, 2.24) is 0 Å². The van der Waals surface area contributed by atoms with Gasteiger partial charge in [-0.25, -0.2) is 9.59 Å². The second kappa shape index (κ2) is 6.17. The molecule has 0 unspecified atom stereocenters. The molecule has 2 aromatic rings. The zero-order valence-electron chi connectivity index (χ0n) is 11.9. The van der Waals surface area contributed by atoms with Crippen LogP contribution in [-0.2, 0) is 0 Å². The lowest BCUT2D eigenvalue weighted by atomic mass is 9.75. The molecule has 0 N–H and O–H groups in total. The van der Waals surface area contributed by atoms with E-state index in [0.717, 1.165) is 44.6 Å². The third-order valence-electron chi connectivity index (χ3n) is 3.83. The Bertz CT molecular complexity index is 642. The van der Waals surface area contributed by atoms with Gasteiger partial charge in [-0.2, -0.15) is 0 Å². The van der Waals surface area contributed by atoms with E-state index < -0.39 is 11.6 Å². The maximum atomic E-state index is 10.8. The van der Waals surface area contributed by atoms with Crippen molar-refractivity contribution in [3.05, 3.63) is 33.8 Å². The maximum Gasteiger partial charge on any atom is 0.521 e.